The molecule has 0 atom stereocenters. The molecule has 0 saturated carbocycles. The molecular formula is C19H16N2O. The number of carbonyl (C=O) groups is 1. The summed E-state index contributed by atoms with van der Waals surface area (Å²) in [7, 11) is 0. The van der Waals surface area contributed by atoms with Crippen LogP contribution in [0.25, 0.3) is 11.3 Å². The van der Waals surface area contributed by atoms with Gasteiger partial charge in [0.1, 0.15) is 0 Å². The van der Waals surface area contributed by atoms with Crippen molar-refractivity contribution in [2.45, 2.75) is 6.92 Å². The number of carbonyl (C=O) groups excluding carboxylic acids is 1. The number of anilines is 1. The van der Waals surface area contributed by atoms with Crippen LogP contribution >= 0.6 is 0 Å². The third-order valence-corrected chi connectivity index (χ3v) is 3.67. The summed E-state index contributed by atoms with van der Waals surface area (Å²) in [5.74, 6) is -0.0877. The van der Waals surface area contributed by atoms with E-state index in [1.165, 1.54) is 0 Å². The predicted octanol–water partition coefficient (Wildman–Crippen LogP) is 3.87. The van der Waals surface area contributed by atoms with E-state index in [-0.39, 0.29) is 5.78 Å². The van der Waals surface area contributed by atoms with E-state index in [4.69, 9.17) is 5.73 Å². The summed E-state index contributed by atoms with van der Waals surface area (Å²) in [5, 5.41) is 0. The number of rotatable bonds is 3. The van der Waals surface area contributed by atoms with Gasteiger partial charge in [-0.3, -0.25) is 9.78 Å². The first kappa shape index (κ1) is 14.0. The van der Waals surface area contributed by atoms with Crippen LogP contribution in [-0.4, -0.2) is 10.8 Å². The minimum absolute atomic E-state index is 0.0877. The summed E-state index contributed by atoms with van der Waals surface area (Å²) >= 11 is 0. The molecule has 0 bridgehead atoms. The molecule has 3 heteroatoms. The number of nitrogen functional groups attached to an aromatic ring is 1. The van der Waals surface area contributed by atoms with Crippen LogP contribution in [0.3, 0.4) is 0 Å². The van der Waals surface area contributed by atoms with Crippen LogP contribution in [0, 0.1) is 6.92 Å². The van der Waals surface area contributed by atoms with Crippen LogP contribution in [-0.2, 0) is 0 Å². The quantitative estimate of drug-likeness (QED) is 0.744. The Bertz CT molecular complexity index is 826. The second kappa shape index (κ2) is 5.82. The first-order chi connectivity index (χ1) is 10.7. The van der Waals surface area contributed by atoms with Crippen molar-refractivity contribution in [2.24, 2.45) is 0 Å². The van der Waals surface area contributed by atoms with Gasteiger partial charge in [-0.15, -0.1) is 0 Å². The van der Waals surface area contributed by atoms with E-state index >= 15 is 0 Å². The van der Waals surface area contributed by atoms with Gasteiger partial charge >= 0.3 is 0 Å². The van der Waals surface area contributed by atoms with Crippen LogP contribution in [0.5, 0.6) is 0 Å². The van der Waals surface area contributed by atoms with E-state index in [9.17, 15) is 4.79 Å². The van der Waals surface area contributed by atoms with Crippen molar-refractivity contribution < 1.29 is 4.79 Å². The number of aromatic nitrogens is 1. The van der Waals surface area contributed by atoms with Crippen LogP contribution in [0.4, 0.5) is 5.69 Å². The average Bonchev–Trinajstić information content (AvgIpc) is 2.56. The molecule has 0 aliphatic carbocycles. The number of benzene rings is 2. The van der Waals surface area contributed by atoms with Crippen LogP contribution < -0.4 is 5.73 Å². The smallest absolute Gasteiger partial charge is 0.195 e. The summed E-state index contributed by atoms with van der Waals surface area (Å²) < 4.78 is 0. The molecule has 0 unspecified atom stereocenters. The highest BCUT2D eigenvalue weighted by atomic mass is 16.1. The lowest BCUT2D eigenvalue weighted by molar-refractivity contribution is 0.103. The highest BCUT2D eigenvalue weighted by Crippen LogP contribution is 2.29. The number of hydrogen-bond donors (Lipinski definition) is 1. The van der Waals surface area contributed by atoms with Crippen LogP contribution in [0.15, 0.2) is 66.9 Å². The fraction of sp³-hybridized carbons (Fsp3) is 0.0526. The normalized spacial score (nSPS) is 10.4. The molecule has 2 aromatic carbocycles. The fourth-order valence-electron chi connectivity index (χ4n) is 2.47. The Morgan fingerprint density at radius 1 is 0.955 bits per heavy atom. The van der Waals surface area contributed by atoms with Crippen LogP contribution in [0.2, 0.25) is 0 Å². The van der Waals surface area contributed by atoms with E-state index in [1.54, 1.807) is 24.4 Å². The van der Waals surface area contributed by atoms with Crippen molar-refractivity contribution in [3.8, 4) is 11.3 Å². The van der Waals surface area contributed by atoms with Crippen molar-refractivity contribution in [3.05, 3.63) is 83.6 Å². The van der Waals surface area contributed by atoms with Crippen molar-refractivity contribution in [1.82, 2.24) is 4.98 Å². The second-order valence-corrected chi connectivity index (χ2v) is 5.13. The largest absolute Gasteiger partial charge is 0.396 e. The lowest BCUT2D eigenvalue weighted by Crippen LogP contribution is -2.07. The van der Waals surface area contributed by atoms with Gasteiger partial charge in [0.05, 0.1) is 11.4 Å². The molecular weight excluding hydrogens is 272 g/mol. The zero-order valence-electron chi connectivity index (χ0n) is 12.3. The summed E-state index contributed by atoms with van der Waals surface area (Å²) in [6.07, 6.45) is 1.63. The summed E-state index contributed by atoms with van der Waals surface area (Å²) in [5.41, 5.74) is 10.4. The van der Waals surface area contributed by atoms with Gasteiger partial charge in [0, 0.05) is 22.9 Å². The Balaban J connectivity index is 2.11. The standard InChI is InChI=1S/C19H16N2O/c1-13-7-5-6-10-15(13)18-17(20)16(11-12-21-18)19(22)14-8-3-2-4-9-14/h2-12H,20H2,1H3. The maximum absolute atomic E-state index is 12.6. The lowest BCUT2D eigenvalue weighted by Gasteiger charge is -2.11. The number of aryl methyl sites for hydroxylation is 1. The molecule has 0 spiro atoms. The molecule has 0 aliphatic rings. The summed E-state index contributed by atoms with van der Waals surface area (Å²) in [6.45, 7) is 2.00. The van der Waals surface area contributed by atoms with Gasteiger partial charge in [-0.2, -0.15) is 0 Å². The van der Waals surface area contributed by atoms with Gasteiger partial charge in [0.2, 0.25) is 0 Å². The van der Waals surface area contributed by atoms with Gasteiger partial charge in [-0.05, 0) is 18.6 Å². The van der Waals surface area contributed by atoms with Gasteiger partial charge < -0.3 is 5.73 Å². The van der Waals surface area contributed by atoms with Gasteiger partial charge in [0.15, 0.2) is 5.78 Å². The molecule has 0 amide bonds. The first-order valence-corrected chi connectivity index (χ1v) is 7.08. The Labute approximate surface area is 129 Å². The van der Waals surface area contributed by atoms with Gasteiger partial charge in [-0.1, -0.05) is 54.6 Å². The van der Waals surface area contributed by atoms with Crippen molar-refractivity contribution >= 4 is 11.5 Å². The zero-order valence-corrected chi connectivity index (χ0v) is 12.3. The summed E-state index contributed by atoms with van der Waals surface area (Å²) in [4.78, 5) is 17.0. The second-order valence-electron chi connectivity index (χ2n) is 5.13. The molecule has 3 nitrogen and oxygen atoms in total. The molecule has 108 valence electrons. The van der Waals surface area contributed by atoms with Crippen LogP contribution in [0.1, 0.15) is 21.5 Å². The van der Waals surface area contributed by atoms with E-state index in [1.807, 2.05) is 49.4 Å². The Kier molecular flexibility index (Phi) is 3.71. The third-order valence-electron chi connectivity index (χ3n) is 3.67. The van der Waals surface area contributed by atoms with Crippen molar-refractivity contribution in [3.63, 3.8) is 0 Å². The predicted molar refractivity (Wildman–Crippen MR) is 88.7 cm³/mol. The molecule has 2 N–H and O–H groups in total. The monoisotopic (exact) mass is 288 g/mol. The number of pyridine rings is 1. The molecule has 0 radical (unpaired) electrons. The van der Waals surface area contributed by atoms with E-state index in [0.717, 1.165) is 11.1 Å². The highest BCUT2D eigenvalue weighted by Gasteiger charge is 2.16. The van der Waals surface area contributed by atoms with Gasteiger partial charge in [0.25, 0.3) is 0 Å². The SMILES string of the molecule is Cc1ccccc1-c1nccc(C(=O)c2ccccc2)c1N. The number of nitrogens with zero attached hydrogens (tertiary/aromatic N) is 1. The highest BCUT2D eigenvalue weighted by molar-refractivity contribution is 6.13. The number of ketones is 1. The molecule has 0 aliphatic heterocycles. The lowest BCUT2D eigenvalue weighted by atomic mass is 9.98. The Morgan fingerprint density at radius 2 is 1.64 bits per heavy atom. The summed E-state index contributed by atoms with van der Waals surface area (Å²) in [6, 6.07) is 18.7. The molecule has 1 aromatic heterocycles. The molecule has 3 rings (SSSR count). The fourth-order valence-corrected chi connectivity index (χ4v) is 2.47. The van der Waals surface area contributed by atoms with Crippen molar-refractivity contribution in [2.75, 3.05) is 5.73 Å². The zero-order chi connectivity index (χ0) is 15.5. The average molecular weight is 288 g/mol. The third kappa shape index (κ3) is 2.49. The molecule has 3 aromatic rings. The Morgan fingerprint density at radius 3 is 2.36 bits per heavy atom. The maximum Gasteiger partial charge on any atom is 0.195 e. The molecule has 0 saturated heterocycles. The van der Waals surface area contributed by atoms with E-state index < -0.39 is 0 Å². The first-order valence-electron chi connectivity index (χ1n) is 7.08. The molecule has 22 heavy (non-hydrogen) atoms. The van der Waals surface area contributed by atoms with E-state index in [0.29, 0.717) is 22.5 Å². The van der Waals surface area contributed by atoms with Crippen molar-refractivity contribution in [1.29, 1.82) is 0 Å². The minimum atomic E-state index is -0.0877. The van der Waals surface area contributed by atoms with Gasteiger partial charge in [-0.25, -0.2) is 0 Å². The molecule has 1 heterocycles. The number of nitrogens with two attached hydrogens (primary N) is 1. The number of hydrogen-bond acceptors (Lipinski definition) is 3. The van der Waals surface area contributed by atoms with E-state index in [2.05, 4.69) is 4.98 Å². The molecule has 0 fully saturated rings. The Hall–Kier alpha value is -2.94. The topological polar surface area (TPSA) is 56.0 Å². The maximum atomic E-state index is 12.6. The minimum Gasteiger partial charge on any atom is -0.396 e.